The van der Waals surface area contributed by atoms with Crippen LogP contribution in [0.4, 0.5) is 0 Å². The zero-order valence-corrected chi connectivity index (χ0v) is 15.6. The van der Waals surface area contributed by atoms with E-state index < -0.39 is 0 Å². The van der Waals surface area contributed by atoms with E-state index in [2.05, 4.69) is 0 Å². The number of rotatable bonds is 6. The Balaban J connectivity index is 1.72. The lowest BCUT2D eigenvalue weighted by Gasteiger charge is -2.14. The summed E-state index contributed by atoms with van der Waals surface area (Å²) in [5.74, 6) is 2.24. The van der Waals surface area contributed by atoms with Crippen LogP contribution in [0.2, 0.25) is 0 Å². The van der Waals surface area contributed by atoms with E-state index in [1.807, 2.05) is 47.0 Å². The van der Waals surface area contributed by atoms with Gasteiger partial charge >= 0.3 is 0 Å². The second kappa shape index (κ2) is 7.03. The molecule has 1 aliphatic rings. The van der Waals surface area contributed by atoms with Gasteiger partial charge in [-0.25, -0.2) is 4.98 Å². The molecule has 0 amide bonds. The largest absolute Gasteiger partial charge is 0.497 e. The van der Waals surface area contributed by atoms with Crippen LogP contribution in [0, 0.1) is 0 Å². The van der Waals surface area contributed by atoms with Crippen molar-refractivity contribution in [1.82, 2.24) is 9.55 Å². The van der Waals surface area contributed by atoms with Gasteiger partial charge in [-0.1, -0.05) is 23.9 Å². The van der Waals surface area contributed by atoms with Gasteiger partial charge in [-0.05, 0) is 43.2 Å². The maximum atomic E-state index is 12.9. The number of hydrogen-bond donors (Lipinski definition) is 0. The van der Waals surface area contributed by atoms with Gasteiger partial charge in [0, 0.05) is 17.4 Å². The molecule has 6 heteroatoms. The van der Waals surface area contributed by atoms with Crippen LogP contribution in [-0.2, 0) is 5.75 Å². The van der Waals surface area contributed by atoms with Crippen molar-refractivity contribution in [1.29, 1.82) is 0 Å². The van der Waals surface area contributed by atoms with Gasteiger partial charge in [-0.2, -0.15) is 0 Å². The molecule has 0 saturated heterocycles. The van der Waals surface area contributed by atoms with E-state index in [1.165, 1.54) is 0 Å². The average Bonchev–Trinajstić information content (AvgIpc) is 3.51. The second-order valence-corrected chi connectivity index (χ2v) is 7.23. The number of ether oxygens (including phenoxy) is 2. The molecule has 1 fully saturated rings. The van der Waals surface area contributed by atoms with Crippen LogP contribution in [0.3, 0.4) is 0 Å². The fraction of sp³-hybridized carbons (Fsp3) is 0.300. The van der Waals surface area contributed by atoms with E-state index in [9.17, 15) is 4.79 Å². The molecule has 1 heterocycles. The lowest BCUT2D eigenvalue weighted by Crippen LogP contribution is -2.22. The van der Waals surface area contributed by atoms with Crippen molar-refractivity contribution in [2.75, 3.05) is 14.2 Å². The molecule has 5 nitrogen and oxygen atoms in total. The average molecular weight is 368 g/mol. The number of fused-ring (bicyclic) bond motifs is 1. The number of thioether (sulfide) groups is 1. The van der Waals surface area contributed by atoms with Crippen LogP contribution in [-0.4, -0.2) is 23.8 Å². The van der Waals surface area contributed by atoms with Gasteiger partial charge in [0.25, 0.3) is 5.56 Å². The summed E-state index contributed by atoms with van der Waals surface area (Å²) in [6, 6.07) is 13.6. The third-order valence-corrected chi connectivity index (χ3v) is 5.53. The van der Waals surface area contributed by atoms with Gasteiger partial charge < -0.3 is 9.47 Å². The Kier molecular flexibility index (Phi) is 4.59. The summed E-state index contributed by atoms with van der Waals surface area (Å²) in [7, 11) is 3.30. The van der Waals surface area contributed by atoms with Crippen molar-refractivity contribution in [2.45, 2.75) is 29.8 Å². The summed E-state index contributed by atoms with van der Waals surface area (Å²) in [4.78, 5) is 17.7. The molecule has 0 radical (unpaired) electrons. The summed E-state index contributed by atoms with van der Waals surface area (Å²) in [5, 5.41) is 1.45. The maximum Gasteiger partial charge on any atom is 0.262 e. The number of para-hydroxylation sites is 1. The Bertz CT molecular complexity index is 1010. The first-order chi connectivity index (χ1) is 12.7. The maximum absolute atomic E-state index is 12.9. The third-order valence-electron chi connectivity index (χ3n) is 4.53. The summed E-state index contributed by atoms with van der Waals surface area (Å²) < 4.78 is 12.6. The molecule has 3 aromatic rings. The SMILES string of the molecule is COc1ccc(OC)c(CSc2nc3ccccc3c(=O)n2C2CC2)c1. The molecule has 1 aliphatic carbocycles. The Morgan fingerprint density at radius 2 is 1.96 bits per heavy atom. The molecule has 0 aliphatic heterocycles. The predicted molar refractivity (Wildman–Crippen MR) is 103 cm³/mol. The van der Waals surface area contributed by atoms with Gasteiger partial charge in [0.2, 0.25) is 0 Å². The van der Waals surface area contributed by atoms with E-state index in [0.717, 1.165) is 40.6 Å². The molecule has 1 saturated carbocycles. The minimum absolute atomic E-state index is 0.0539. The van der Waals surface area contributed by atoms with E-state index in [-0.39, 0.29) is 11.6 Å². The third kappa shape index (κ3) is 3.17. The summed E-state index contributed by atoms with van der Waals surface area (Å²) in [5.41, 5.74) is 1.81. The summed E-state index contributed by atoms with van der Waals surface area (Å²) >= 11 is 1.56. The van der Waals surface area contributed by atoms with E-state index in [4.69, 9.17) is 14.5 Å². The molecular weight excluding hydrogens is 348 g/mol. The molecule has 26 heavy (non-hydrogen) atoms. The zero-order chi connectivity index (χ0) is 18.1. The summed E-state index contributed by atoms with van der Waals surface area (Å²) in [6.45, 7) is 0. The zero-order valence-electron chi connectivity index (χ0n) is 14.8. The number of aromatic nitrogens is 2. The predicted octanol–water partition coefficient (Wildman–Crippen LogP) is 4.04. The van der Waals surface area contributed by atoms with Crippen molar-refractivity contribution < 1.29 is 9.47 Å². The quantitative estimate of drug-likeness (QED) is 0.485. The molecule has 0 spiro atoms. The number of benzene rings is 2. The second-order valence-electron chi connectivity index (χ2n) is 6.28. The Labute approximate surface area is 156 Å². The molecule has 1 aromatic heterocycles. The molecule has 0 unspecified atom stereocenters. The van der Waals surface area contributed by atoms with Crippen LogP contribution >= 0.6 is 11.8 Å². The minimum atomic E-state index is 0.0539. The van der Waals surface area contributed by atoms with Gasteiger partial charge in [0.15, 0.2) is 5.16 Å². The minimum Gasteiger partial charge on any atom is -0.497 e. The normalized spacial score (nSPS) is 13.8. The molecule has 134 valence electrons. The smallest absolute Gasteiger partial charge is 0.262 e. The van der Waals surface area contributed by atoms with Crippen LogP contribution in [0.5, 0.6) is 11.5 Å². The molecule has 2 aromatic carbocycles. The van der Waals surface area contributed by atoms with Crippen molar-refractivity contribution in [3.63, 3.8) is 0 Å². The Morgan fingerprint density at radius 1 is 1.15 bits per heavy atom. The molecule has 0 bridgehead atoms. The lowest BCUT2D eigenvalue weighted by atomic mass is 10.2. The standard InChI is InChI=1S/C20H20N2O3S/c1-24-15-9-10-18(25-2)13(11-15)12-26-20-21-17-6-4-3-5-16(17)19(23)22(20)14-7-8-14/h3-6,9-11,14H,7-8,12H2,1-2H3. The highest BCUT2D eigenvalue weighted by atomic mass is 32.2. The monoisotopic (exact) mass is 368 g/mol. The highest BCUT2D eigenvalue weighted by Crippen LogP contribution is 2.38. The first-order valence-corrected chi connectivity index (χ1v) is 9.55. The van der Waals surface area contributed by atoms with Crippen molar-refractivity contribution in [3.8, 4) is 11.5 Å². The molecule has 0 N–H and O–H groups in total. The fourth-order valence-corrected chi connectivity index (χ4v) is 4.06. The van der Waals surface area contributed by atoms with E-state index in [1.54, 1.807) is 26.0 Å². The Hall–Kier alpha value is -2.47. The van der Waals surface area contributed by atoms with Gasteiger partial charge in [-0.3, -0.25) is 9.36 Å². The molecule has 4 rings (SSSR count). The number of nitrogens with zero attached hydrogens (tertiary/aromatic N) is 2. The topological polar surface area (TPSA) is 53.4 Å². The van der Waals surface area contributed by atoms with Crippen LogP contribution in [0.25, 0.3) is 10.9 Å². The molecular formula is C20H20N2O3S. The van der Waals surface area contributed by atoms with Crippen molar-refractivity contribution in [2.24, 2.45) is 0 Å². The van der Waals surface area contributed by atoms with Gasteiger partial charge in [-0.15, -0.1) is 0 Å². The molecule has 0 atom stereocenters. The van der Waals surface area contributed by atoms with Crippen LogP contribution in [0.15, 0.2) is 52.4 Å². The van der Waals surface area contributed by atoms with E-state index in [0.29, 0.717) is 11.1 Å². The van der Waals surface area contributed by atoms with Crippen molar-refractivity contribution >= 4 is 22.7 Å². The summed E-state index contributed by atoms with van der Waals surface area (Å²) in [6.07, 6.45) is 2.08. The van der Waals surface area contributed by atoms with Crippen molar-refractivity contribution in [3.05, 3.63) is 58.4 Å². The first-order valence-electron chi connectivity index (χ1n) is 8.56. The number of hydrogen-bond acceptors (Lipinski definition) is 5. The van der Waals surface area contributed by atoms with Crippen LogP contribution in [0.1, 0.15) is 24.4 Å². The lowest BCUT2D eigenvalue weighted by molar-refractivity contribution is 0.400. The Morgan fingerprint density at radius 3 is 2.69 bits per heavy atom. The van der Waals surface area contributed by atoms with Gasteiger partial charge in [0.05, 0.1) is 25.1 Å². The number of methoxy groups -OCH3 is 2. The van der Waals surface area contributed by atoms with Gasteiger partial charge in [0.1, 0.15) is 11.5 Å². The van der Waals surface area contributed by atoms with E-state index >= 15 is 0 Å². The fourth-order valence-electron chi connectivity index (χ4n) is 3.02. The first kappa shape index (κ1) is 17.0. The highest BCUT2D eigenvalue weighted by molar-refractivity contribution is 7.98. The van der Waals surface area contributed by atoms with Crippen LogP contribution < -0.4 is 15.0 Å². The highest BCUT2D eigenvalue weighted by Gasteiger charge is 2.28.